The molecule has 3 atom stereocenters. The highest BCUT2D eigenvalue weighted by Gasteiger charge is 2.32. The summed E-state index contributed by atoms with van der Waals surface area (Å²) in [7, 11) is 0. The Morgan fingerprint density at radius 2 is 2.15 bits per heavy atom. The predicted octanol–water partition coefficient (Wildman–Crippen LogP) is 3.20. The van der Waals surface area contributed by atoms with Crippen LogP contribution in [0, 0.1) is 13.8 Å². The van der Waals surface area contributed by atoms with E-state index in [1.165, 1.54) is 24.8 Å². The summed E-state index contributed by atoms with van der Waals surface area (Å²) in [5.74, 6) is 0.968. The van der Waals surface area contributed by atoms with Crippen LogP contribution in [0.15, 0.2) is 4.52 Å². The summed E-state index contributed by atoms with van der Waals surface area (Å²) in [6, 6.07) is 1.60. The third-order valence-electron chi connectivity index (χ3n) is 4.65. The van der Waals surface area contributed by atoms with E-state index in [4.69, 9.17) is 4.52 Å². The van der Waals surface area contributed by atoms with Gasteiger partial charge in [-0.15, -0.1) is 0 Å². The number of rotatable bonds is 5. The van der Waals surface area contributed by atoms with Crippen molar-refractivity contribution in [2.24, 2.45) is 0 Å². The fourth-order valence-corrected chi connectivity index (χ4v) is 3.54. The SMILES string of the molecule is CCCC1CN(C(C)c2c(C)noc2C)C(CC)CN1. The van der Waals surface area contributed by atoms with Gasteiger partial charge in [-0.05, 0) is 33.6 Å². The lowest BCUT2D eigenvalue weighted by molar-refractivity contribution is 0.0826. The monoisotopic (exact) mass is 279 g/mol. The molecule has 1 aliphatic rings. The van der Waals surface area contributed by atoms with Gasteiger partial charge in [0.05, 0.1) is 5.69 Å². The van der Waals surface area contributed by atoms with Crippen molar-refractivity contribution in [3.63, 3.8) is 0 Å². The average Bonchev–Trinajstić information content (AvgIpc) is 2.78. The normalized spacial score (nSPS) is 25.9. The molecule has 0 bridgehead atoms. The molecule has 0 saturated carbocycles. The third-order valence-corrected chi connectivity index (χ3v) is 4.65. The van der Waals surface area contributed by atoms with Crippen LogP contribution in [0.5, 0.6) is 0 Å². The molecule has 1 aliphatic heterocycles. The van der Waals surface area contributed by atoms with Gasteiger partial charge in [-0.2, -0.15) is 0 Å². The number of aryl methyl sites for hydroxylation is 2. The van der Waals surface area contributed by atoms with Gasteiger partial charge in [0.25, 0.3) is 0 Å². The van der Waals surface area contributed by atoms with Gasteiger partial charge in [-0.25, -0.2) is 0 Å². The molecule has 1 aromatic heterocycles. The number of piperazine rings is 1. The Morgan fingerprint density at radius 3 is 2.70 bits per heavy atom. The summed E-state index contributed by atoms with van der Waals surface area (Å²) in [4.78, 5) is 2.64. The molecule has 1 N–H and O–H groups in total. The quantitative estimate of drug-likeness (QED) is 0.898. The summed E-state index contributed by atoms with van der Waals surface area (Å²) in [5.41, 5.74) is 2.32. The van der Waals surface area contributed by atoms with E-state index in [1.807, 2.05) is 6.92 Å². The van der Waals surface area contributed by atoms with Gasteiger partial charge in [0, 0.05) is 36.8 Å². The Hall–Kier alpha value is -0.870. The van der Waals surface area contributed by atoms with Gasteiger partial charge < -0.3 is 9.84 Å². The van der Waals surface area contributed by atoms with Crippen molar-refractivity contribution < 1.29 is 4.52 Å². The van der Waals surface area contributed by atoms with E-state index in [2.05, 4.69) is 43.1 Å². The zero-order chi connectivity index (χ0) is 14.7. The number of nitrogens with one attached hydrogen (secondary N) is 1. The summed E-state index contributed by atoms with van der Waals surface area (Å²) in [5, 5.41) is 7.82. The summed E-state index contributed by atoms with van der Waals surface area (Å²) < 4.78 is 5.36. The van der Waals surface area contributed by atoms with E-state index in [-0.39, 0.29) is 0 Å². The fourth-order valence-electron chi connectivity index (χ4n) is 3.54. The lowest BCUT2D eigenvalue weighted by Crippen LogP contribution is -2.56. The van der Waals surface area contributed by atoms with Crippen LogP contribution in [0.4, 0.5) is 0 Å². The second-order valence-electron chi connectivity index (χ2n) is 6.07. The van der Waals surface area contributed by atoms with Gasteiger partial charge in [0.2, 0.25) is 0 Å². The van der Waals surface area contributed by atoms with Crippen LogP contribution in [0.25, 0.3) is 0 Å². The van der Waals surface area contributed by atoms with Crippen molar-refractivity contribution in [2.45, 2.75) is 72.0 Å². The Bertz CT molecular complexity index is 410. The van der Waals surface area contributed by atoms with Gasteiger partial charge >= 0.3 is 0 Å². The summed E-state index contributed by atoms with van der Waals surface area (Å²) >= 11 is 0. The molecule has 4 nitrogen and oxygen atoms in total. The maximum absolute atomic E-state index is 5.36. The zero-order valence-corrected chi connectivity index (χ0v) is 13.6. The summed E-state index contributed by atoms with van der Waals surface area (Å²) in [6.07, 6.45) is 3.67. The average molecular weight is 279 g/mol. The van der Waals surface area contributed by atoms with Crippen LogP contribution in [-0.2, 0) is 0 Å². The second-order valence-corrected chi connectivity index (χ2v) is 6.07. The Morgan fingerprint density at radius 1 is 1.40 bits per heavy atom. The van der Waals surface area contributed by atoms with Gasteiger partial charge in [0.15, 0.2) is 0 Å². The van der Waals surface area contributed by atoms with E-state index < -0.39 is 0 Å². The Balaban J connectivity index is 2.18. The van der Waals surface area contributed by atoms with Gasteiger partial charge in [-0.3, -0.25) is 4.90 Å². The maximum Gasteiger partial charge on any atom is 0.138 e. The molecule has 0 aliphatic carbocycles. The molecular formula is C16H29N3O. The number of aromatic nitrogens is 1. The first-order chi connectivity index (χ1) is 9.58. The lowest BCUT2D eigenvalue weighted by atomic mass is 9.97. The van der Waals surface area contributed by atoms with Crippen molar-refractivity contribution >= 4 is 0 Å². The highest BCUT2D eigenvalue weighted by atomic mass is 16.5. The second kappa shape index (κ2) is 6.72. The van der Waals surface area contributed by atoms with E-state index in [0.717, 1.165) is 24.5 Å². The number of hydrogen-bond donors (Lipinski definition) is 1. The standard InChI is InChI=1S/C16H29N3O/c1-6-8-14-10-19(15(7-2)9-17-14)12(4)16-11(3)18-20-13(16)5/h12,14-15,17H,6-10H2,1-5H3. The molecule has 0 amide bonds. The molecule has 3 unspecified atom stereocenters. The molecule has 2 rings (SSSR count). The minimum Gasteiger partial charge on any atom is -0.361 e. The van der Waals surface area contributed by atoms with Crippen LogP contribution >= 0.6 is 0 Å². The topological polar surface area (TPSA) is 41.3 Å². The molecule has 114 valence electrons. The maximum atomic E-state index is 5.36. The highest BCUT2D eigenvalue weighted by Crippen LogP contribution is 2.30. The van der Waals surface area contributed by atoms with E-state index in [9.17, 15) is 0 Å². The van der Waals surface area contributed by atoms with Gasteiger partial charge in [-0.1, -0.05) is 25.4 Å². The molecular weight excluding hydrogens is 250 g/mol. The van der Waals surface area contributed by atoms with Crippen LogP contribution in [-0.4, -0.2) is 35.2 Å². The number of hydrogen-bond acceptors (Lipinski definition) is 4. The van der Waals surface area contributed by atoms with Crippen LogP contribution in [0.1, 0.15) is 63.1 Å². The molecule has 2 heterocycles. The largest absolute Gasteiger partial charge is 0.361 e. The van der Waals surface area contributed by atoms with Crippen molar-refractivity contribution in [1.82, 2.24) is 15.4 Å². The Labute approximate surface area is 122 Å². The zero-order valence-electron chi connectivity index (χ0n) is 13.6. The molecule has 0 radical (unpaired) electrons. The van der Waals surface area contributed by atoms with Crippen molar-refractivity contribution in [2.75, 3.05) is 13.1 Å². The van der Waals surface area contributed by atoms with E-state index >= 15 is 0 Å². The van der Waals surface area contributed by atoms with Crippen molar-refractivity contribution in [3.05, 3.63) is 17.0 Å². The smallest absolute Gasteiger partial charge is 0.138 e. The molecule has 0 aromatic carbocycles. The van der Waals surface area contributed by atoms with Crippen LogP contribution < -0.4 is 5.32 Å². The van der Waals surface area contributed by atoms with Gasteiger partial charge in [0.1, 0.15) is 5.76 Å². The molecule has 1 aromatic rings. The van der Waals surface area contributed by atoms with Crippen molar-refractivity contribution in [1.29, 1.82) is 0 Å². The molecule has 4 heteroatoms. The minimum atomic E-state index is 0.382. The lowest BCUT2D eigenvalue weighted by Gasteiger charge is -2.43. The molecule has 0 spiro atoms. The Kier molecular flexibility index (Phi) is 5.22. The fraction of sp³-hybridized carbons (Fsp3) is 0.812. The minimum absolute atomic E-state index is 0.382. The highest BCUT2D eigenvalue weighted by molar-refractivity contribution is 5.25. The van der Waals surface area contributed by atoms with Crippen LogP contribution in [0.2, 0.25) is 0 Å². The summed E-state index contributed by atoms with van der Waals surface area (Å²) in [6.45, 7) is 13.1. The molecule has 1 fully saturated rings. The first-order valence-electron chi connectivity index (χ1n) is 8.00. The van der Waals surface area contributed by atoms with Crippen molar-refractivity contribution in [3.8, 4) is 0 Å². The first-order valence-corrected chi connectivity index (χ1v) is 8.00. The molecule has 1 saturated heterocycles. The van der Waals surface area contributed by atoms with Crippen LogP contribution in [0.3, 0.4) is 0 Å². The third kappa shape index (κ3) is 3.07. The van der Waals surface area contributed by atoms with E-state index in [1.54, 1.807) is 0 Å². The predicted molar refractivity (Wildman–Crippen MR) is 81.9 cm³/mol. The molecule has 20 heavy (non-hydrogen) atoms. The number of nitrogens with zero attached hydrogens (tertiary/aromatic N) is 2. The first kappa shape index (κ1) is 15.5. The van der Waals surface area contributed by atoms with E-state index in [0.29, 0.717) is 18.1 Å².